The molecule has 0 aromatic heterocycles. The third-order valence-electron chi connectivity index (χ3n) is 3.64. The Bertz CT molecular complexity index is 331. The fourth-order valence-electron chi connectivity index (χ4n) is 2.37. The highest BCUT2D eigenvalue weighted by Gasteiger charge is 2.37. The second-order valence-electron chi connectivity index (χ2n) is 5.21. The monoisotopic (exact) mass is 264 g/mol. The molecule has 0 aliphatic heterocycles. The van der Waals surface area contributed by atoms with Crippen molar-refractivity contribution in [3.63, 3.8) is 0 Å². The summed E-state index contributed by atoms with van der Waals surface area (Å²) in [7, 11) is 0. The highest BCUT2D eigenvalue weighted by atomic mass is 16.2. The molecule has 0 bridgehead atoms. The van der Waals surface area contributed by atoms with Gasteiger partial charge in [-0.25, -0.2) is 0 Å². The molecule has 2 N–H and O–H groups in total. The molecule has 19 heavy (non-hydrogen) atoms. The Morgan fingerprint density at radius 2 is 1.37 bits per heavy atom. The zero-order valence-corrected chi connectivity index (χ0v) is 11.8. The van der Waals surface area contributed by atoms with Crippen LogP contribution in [0.25, 0.3) is 0 Å². The van der Waals surface area contributed by atoms with Crippen LogP contribution in [0.3, 0.4) is 0 Å². The molecule has 106 valence electrons. The Labute approximate surface area is 115 Å². The lowest BCUT2D eigenvalue weighted by Gasteiger charge is -2.21. The quantitative estimate of drug-likeness (QED) is 0.719. The Morgan fingerprint density at radius 1 is 1.00 bits per heavy atom. The van der Waals surface area contributed by atoms with E-state index in [-0.39, 0.29) is 35.7 Å². The van der Waals surface area contributed by atoms with Crippen molar-refractivity contribution in [2.24, 2.45) is 11.8 Å². The largest absolute Gasteiger partial charge is 0.350 e. The van der Waals surface area contributed by atoms with E-state index in [9.17, 15) is 9.59 Å². The smallest absolute Gasteiger partial charge is 0.224 e. The molecule has 0 unspecified atom stereocenters. The first kappa shape index (κ1) is 15.5. The molecule has 0 aromatic carbocycles. The van der Waals surface area contributed by atoms with Gasteiger partial charge in [-0.05, 0) is 26.7 Å². The average molecular weight is 264 g/mol. The number of amides is 2. The Morgan fingerprint density at radius 3 is 1.68 bits per heavy atom. The third-order valence-corrected chi connectivity index (χ3v) is 3.64. The lowest BCUT2D eigenvalue weighted by atomic mass is 9.93. The summed E-state index contributed by atoms with van der Waals surface area (Å²) in [5.74, 6) is -0.536. The van der Waals surface area contributed by atoms with Crippen LogP contribution in [0.4, 0.5) is 0 Å². The van der Waals surface area contributed by atoms with Crippen LogP contribution < -0.4 is 10.6 Å². The van der Waals surface area contributed by atoms with Gasteiger partial charge in [-0.15, -0.1) is 13.2 Å². The standard InChI is InChI=1S/C15H24N2O2/c1-5-10(3)16-14(18)12-8-7-9-13(12)15(19)17-11(4)6-2/h5-6,10-13H,1-2,7-9H2,3-4H3,(H,16,18)(H,17,19)/t10-,11-,12+,13+/m0/s1. The van der Waals surface area contributed by atoms with Gasteiger partial charge in [0.15, 0.2) is 0 Å². The second-order valence-corrected chi connectivity index (χ2v) is 5.21. The van der Waals surface area contributed by atoms with E-state index in [1.165, 1.54) is 0 Å². The molecular formula is C15H24N2O2. The van der Waals surface area contributed by atoms with Crippen LogP contribution in [0.2, 0.25) is 0 Å². The van der Waals surface area contributed by atoms with E-state index < -0.39 is 0 Å². The van der Waals surface area contributed by atoms with Crippen LogP contribution >= 0.6 is 0 Å². The maximum atomic E-state index is 12.1. The van der Waals surface area contributed by atoms with E-state index in [4.69, 9.17) is 0 Å². The second kappa shape index (κ2) is 7.12. The highest BCUT2D eigenvalue weighted by molar-refractivity contribution is 5.88. The Balaban J connectivity index is 2.62. The molecule has 0 radical (unpaired) electrons. The molecule has 2 amide bonds. The van der Waals surface area contributed by atoms with Crippen molar-refractivity contribution < 1.29 is 9.59 Å². The molecular weight excluding hydrogens is 240 g/mol. The van der Waals surface area contributed by atoms with E-state index in [0.29, 0.717) is 0 Å². The van der Waals surface area contributed by atoms with Gasteiger partial charge >= 0.3 is 0 Å². The Hall–Kier alpha value is -1.58. The maximum absolute atomic E-state index is 12.1. The number of carbonyl (C=O) groups excluding carboxylic acids is 2. The van der Waals surface area contributed by atoms with Crippen molar-refractivity contribution >= 4 is 11.8 Å². The van der Waals surface area contributed by atoms with Crippen LogP contribution in [0.15, 0.2) is 25.3 Å². The van der Waals surface area contributed by atoms with Crippen LogP contribution in [0, 0.1) is 11.8 Å². The minimum atomic E-state index is -0.223. The van der Waals surface area contributed by atoms with Crippen LogP contribution in [0.5, 0.6) is 0 Å². The van der Waals surface area contributed by atoms with E-state index in [2.05, 4.69) is 23.8 Å². The normalized spacial score (nSPS) is 25.2. The fourth-order valence-corrected chi connectivity index (χ4v) is 2.37. The van der Waals surface area contributed by atoms with Crippen molar-refractivity contribution in [1.29, 1.82) is 0 Å². The molecule has 1 saturated carbocycles. The number of nitrogens with one attached hydrogen (secondary N) is 2. The summed E-state index contributed by atoms with van der Waals surface area (Å²) < 4.78 is 0. The first-order valence-electron chi connectivity index (χ1n) is 6.85. The van der Waals surface area contributed by atoms with Gasteiger partial charge < -0.3 is 10.6 Å². The van der Waals surface area contributed by atoms with Gasteiger partial charge in [-0.2, -0.15) is 0 Å². The predicted octanol–water partition coefficient (Wildman–Crippen LogP) is 1.78. The summed E-state index contributed by atoms with van der Waals surface area (Å²) in [4.78, 5) is 24.3. The van der Waals surface area contributed by atoms with Crippen molar-refractivity contribution in [2.75, 3.05) is 0 Å². The third kappa shape index (κ3) is 4.23. The first-order valence-corrected chi connectivity index (χ1v) is 6.85. The number of carbonyl (C=O) groups is 2. The van der Waals surface area contributed by atoms with Crippen molar-refractivity contribution in [1.82, 2.24) is 10.6 Å². The molecule has 1 fully saturated rings. The zero-order valence-electron chi connectivity index (χ0n) is 11.8. The Kier molecular flexibility index (Phi) is 5.80. The molecule has 0 saturated heterocycles. The summed E-state index contributed by atoms with van der Waals surface area (Å²) in [5, 5.41) is 5.73. The average Bonchev–Trinajstić information content (AvgIpc) is 2.87. The summed E-state index contributed by atoms with van der Waals surface area (Å²) in [5.41, 5.74) is 0. The molecule has 1 rings (SSSR count). The van der Waals surface area contributed by atoms with Crippen LogP contribution in [-0.4, -0.2) is 23.9 Å². The molecule has 0 heterocycles. The van der Waals surface area contributed by atoms with E-state index in [1.807, 2.05) is 13.8 Å². The van der Waals surface area contributed by atoms with Crippen molar-refractivity contribution in [2.45, 2.75) is 45.2 Å². The molecule has 0 aromatic rings. The summed E-state index contributed by atoms with van der Waals surface area (Å²) in [6, 6.07) is -0.132. The molecule has 4 atom stereocenters. The van der Waals surface area contributed by atoms with Gasteiger partial charge in [-0.3, -0.25) is 9.59 Å². The fraction of sp³-hybridized carbons (Fsp3) is 0.600. The maximum Gasteiger partial charge on any atom is 0.224 e. The van der Waals surface area contributed by atoms with Crippen LogP contribution in [-0.2, 0) is 9.59 Å². The van der Waals surface area contributed by atoms with Gasteiger partial charge in [0.25, 0.3) is 0 Å². The minimum Gasteiger partial charge on any atom is -0.350 e. The molecule has 4 nitrogen and oxygen atoms in total. The predicted molar refractivity (Wildman–Crippen MR) is 76.4 cm³/mol. The summed E-state index contributed by atoms with van der Waals surface area (Å²) in [6.45, 7) is 11.0. The molecule has 4 heteroatoms. The van der Waals surface area contributed by atoms with Gasteiger partial charge in [0.05, 0.1) is 0 Å². The number of hydrogen-bond donors (Lipinski definition) is 2. The lowest BCUT2D eigenvalue weighted by molar-refractivity contribution is -0.134. The number of rotatable bonds is 6. The van der Waals surface area contributed by atoms with Crippen molar-refractivity contribution in [3.8, 4) is 0 Å². The van der Waals surface area contributed by atoms with Gasteiger partial charge in [0.2, 0.25) is 11.8 Å². The molecule has 1 aliphatic carbocycles. The van der Waals surface area contributed by atoms with Gasteiger partial charge in [0.1, 0.15) is 0 Å². The van der Waals surface area contributed by atoms with E-state index in [1.54, 1.807) is 12.2 Å². The molecule has 1 aliphatic rings. The number of hydrogen-bond acceptors (Lipinski definition) is 2. The summed E-state index contributed by atoms with van der Waals surface area (Å²) in [6.07, 6.45) is 5.83. The highest BCUT2D eigenvalue weighted by Crippen LogP contribution is 2.32. The topological polar surface area (TPSA) is 58.2 Å². The lowest BCUT2D eigenvalue weighted by Crippen LogP contribution is -2.43. The van der Waals surface area contributed by atoms with Crippen LogP contribution in [0.1, 0.15) is 33.1 Å². The van der Waals surface area contributed by atoms with Gasteiger partial charge in [-0.1, -0.05) is 18.6 Å². The van der Waals surface area contributed by atoms with E-state index >= 15 is 0 Å². The first-order chi connectivity index (χ1) is 8.99. The van der Waals surface area contributed by atoms with Gasteiger partial charge in [0, 0.05) is 23.9 Å². The minimum absolute atomic E-state index is 0.0451. The van der Waals surface area contributed by atoms with Crippen molar-refractivity contribution in [3.05, 3.63) is 25.3 Å². The SMILES string of the molecule is C=C[C@H](C)NC(=O)[C@@H]1CCC[C@H]1C(=O)N[C@@H](C)C=C. The zero-order chi connectivity index (χ0) is 14.4. The molecule has 0 spiro atoms. The van der Waals surface area contributed by atoms with E-state index in [0.717, 1.165) is 19.3 Å². The summed E-state index contributed by atoms with van der Waals surface area (Å²) >= 11 is 0.